The van der Waals surface area contributed by atoms with Crippen molar-refractivity contribution in [1.82, 2.24) is 0 Å². The fourth-order valence-corrected chi connectivity index (χ4v) is 2.66. The van der Waals surface area contributed by atoms with Crippen LogP contribution in [-0.2, 0) is 0 Å². The van der Waals surface area contributed by atoms with E-state index in [1.165, 1.54) is 0 Å². The van der Waals surface area contributed by atoms with Crippen LogP contribution in [0.3, 0.4) is 0 Å². The summed E-state index contributed by atoms with van der Waals surface area (Å²) in [7, 11) is 0. The molecule has 0 amide bonds. The lowest BCUT2D eigenvalue weighted by molar-refractivity contribution is 0.404. The average molecular weight is 202 g/mol. The predicted octanol–water partition coefficient (Wildman–Crippen LogP) is 3.24. The molecule has 60 valence electrons. The summed E-state index contributed by atoms with van der Waals surface area (Å²) < 4.78 is 0. The molecule has 0 aromatic rings. The SMILES string of the molecule is CC1C(Cl)CC(Cl)CC1Cl. The van der Waals surface area contributed by atoms with E-state index >= 15 is 0 Å². The number of hydrogen-bond acceptors (Lipinski definition) is 0. The largest absolute Gasteiger partial charge is 0.123 e. The summed E-state index contributed by atoms with van der Waals surface area (Å²) in [5, 5.41) is 0.513. The van der Waals surface area contributed by atoms with Gasteiger partial charge in [0.1, 0.15) is 0 Å². The highest BCUT2D eigenvalue weighted by Gasteiger charge is 2.31. The first-order valence-corrected chi connectivity index (χ1v) is 4.84. The molecule has 0 spiro atoms. The zero-order chi connectivity index (χ0) is 7.72. The molecule has 0 aromatic heterocycles. The first-order valence-electron chi connectivity index (χ1n) is 3.53. The molecule has 0 radical (unpaired) electrons. The van der Waals surface area contributed by atoms with Gasteiger partial charge in [0.15, 0.2) is 0 Å². The minimum Gasteiger partial charge on any atom is -0.123 e. The van der Waals surface area contributed by atoms with Gasteiger partial charge in [-0.1, -0.05) is 6.92 Å². The zero-order valence-corrected chi connectivity index (χ0v) is 8.13. The van der Waals surface area contributed by atoms with Gasteiger partial charge in [0.2, 0.25) is 0 Å². The lowest BCUT2D eigenvalue weighted by Crippen LogP contribution is -2.32. The van der Waals surface area contributed by atoms with Crippen molar-refractivity contribution < 1.29 is 0 Å². The molecule has 1 aliphatic carbocycles. The molecule has 1 fully saturated rings. The summed E-state index contributed by atoms with van der Waals surface area (Å²) in [6.45, 7) is 2.08. The van der Waals surface area contributed by atoms with Gasteiger partial charge >= 0.3 is 0 Å². The normalized spacial score (nSPS) is 49.2. The van der Waals surface area contributed by atoms with Gasteiger partial charge in [-0.2, -0.15) is 0 Å². The van der Waals surface area contributed by atoms with Gasteiger partial charge in [-0.15, -0.1) is 34.8 Å². The summed E-state index contributed by atoms with van der Waals surface area (Å²) in [5.74, 6) is 0.401. The summed E-state index contributed by atoms with van der Waals surface area (Å²) in [6, 6.07) is 0. The maximum absolute atomic E-state index is 5.99. The minimum atomic E-state index is 0.166. The van der Waals surface area contributed by atoms with E-state index in [0.717, 1.165) is 12.8 Å². The second-order valence-electron chi connectivity index (χ2n) is 2.96. The van der Waals surface area contributed by atoms with Gasteiger partial charge in [0.05, 0.1) is 0 Å². The van der Waals surface area contributed by atoms with Crippen molar-refractivity contribution in [2.45, 2.75) is 35.9 Å². The Labute approximate surface area is 76.8 Å². The minimum absolute atomic E-state index is 0.166. The Balaban J connectivity index is 2.49. The second kappa shape index (κ2) is 3.51. The molecule has 0 N–H and O–H groups in total. The molecule has 0 bridgehead atoms. The van der Waals surface area contributed by atoms with Crippen molar-refractivity contribution >= 4 is 34.8 Å². The van der Waals surface area contributed by atoms with Crippen molar-refractivity contribution in [1.29, 1.82) is 0 Å². The Morgan fingerprint density at radius 1 is 1.00 bits per heavy atom. The average Bonchev–Trinajstić information content (AvgIpc) is 1.82. The highest BCUT2D eigenvalue weighted by molar-refractivity contribution is 6.27. The number of halogens is 3. The fraction of sp³-hybridized carbons (Fsp3) is 1.00. The Morgan fingerprint density at radius 2 is 1.40 bits per heavy atom. The third kappa shape index (κ3) is 1.93. The Kier molecular flexibility index (Phi) is 3.15. The van der Waals surface area contributed by atoms with Crippen LogP contribution in [0.4, 0.5) is 0 Å². The van der Waals surface area contributed by atoms with Crippen molar-refractivity contribution in [3.05, 3.63) is 0 Å². The maximum atomic E-state index is 5.99. The van der Waals surface area contributed by atoms with Crippen LogP contribution in [-0.4, -0.2) is 16.1 Å². The zero-order valence-electron chi connectivity index (χ0n) is 5.86. The molecule has 0 nitrogen and oxygen atoms in total. The molecule has 2 unspecified atom stereocenters. The van der Waals surface area contributed by atoms with Gasteiger partial charge in [-0.3, -0.25) is 0 Å². The third-order valence-corrected chi connectivity index (χ3v) is 3.61. The molecule has 1 aliphatic rings. The molecular weight excluding hydrogens is 190 g/mol. The van der Waals surface area contributed by atoms with Crippen molar-refractivity contribution in [2.24, 2.45) is 5.92 Å². The van der Waals surface area contributed by atoms with E-state index in [-0.39, 0.29) is 16.1 Å². The summed E-state index contributed by atoms with van der Waals surface area (Å²) in [4.78, 5) is 0. The van der Waals surface area contributed by atoms with Crippen LogP contribution in [0.15, 0.2) is 0 Å². The third-order valence-electron chi connectivity index (χ3n) is 2.10. The van der Waals surface area contributed by atoms with Crippen LogP contribution in [0.5, 0.6) is 0 Å². The molecular formula is C7H11Cl3. The fourth-order valence-electron chi connectivity index (χ4n) is 1.24. The molecule has 10 heavy (non-hydrogen) atoms. The van der Waals surface area contributed by atoms with Gasteiger partial charge < -0.3 is 0 Å². The Morgan fingerprint density at radius 3 is 1.80 bits per heavy atom. The van der Waals surface area contributed by atoms with Gasteiger partial charge in [-0.05, 0) is 18.8 Å². The molecule has 2 atom stereocenters. The van der Waals surface area contributed by atoms with Crippen LogP contribution in [0.25, 0.3) is 0 Å². The Bertz CT molecular complexity index is 103. The van der Waals surface area contributed by atoms with Crippen LogP contribution < -0.4 is 0 Å². The van der Waals surface area contributed by atoms with Crippen LogP contribution in [0.1, 0.15) is 19.8 Å². The van der Waals surface area contributed by atoms with Crippen molar-refractivity contribution in [2.75, 3.05) is 0 Å². The number of rotatable bonds is 0. The molecule has 3 heteroatoms. The molecule has 1 rings (SSSR count). The van der Waals surface area contributed by atoms with Crippen LogP contribution in [0, 0.1) is 5.92 Å². The number of hydrogen-bond donors (Lipinski definition) is 0. The highest BCUT2D eigenvalue weighted by atomic mass is 35.5. The van der Waals surface area contributed by atoms with Gasteiger partial charge in [0.25, 0.3) is 0 Å². The standard InChI is InChI=1S/C7H11Cl3/c1-4-6(9)2-5(8)3-7(4)10/h4-7H,2-3H2,1H3. The summed E-state index contributed by atoms with van der Waals surface area (Å²) in [5.41, 5.74) is 0. The topological polar surface area (TPSA) is 0 Å². The van der Waals surface area contributed by atoms with E-state index in [4.69, 9.17) is 34.8 Å². The quantitative estimate of drug-likeness (QED) is 0.528. The van der Waals surface area contributed by atoms with E-state index in [1.54, 1.807) is 0 Å². The van der Waals surface area contributed by atoms with E-state index in [0.29, 0.717) is 5.92 Å². The lowest BCUT2D eigenvalue weighted by atomic mass is 9.89. The van der Waals surface area contributed by atoms with E-state index < -0.39 is 0 Å². The molecule has 0 heterocycles. The van der Waals surface area contributed by atoms with Crippen LogP contribution >= 0.6 is 34.8 Å². The van der Waals surface area contributed by atoms with E-state index in [1.807, 2.05) is 0 Å². The molecule has 1 saturated carbocycles. The number of alkyl halides is 3. The molecule has 0 aromatic carbocycles. The van der Waals surface area contributed by atoms with Gasteiger partial charge in [0, 0.05) is 16.1 Å². The monoisotopic (exact) mass is 200 g/mol. The van der Waals surface area contributed by atoms with Crippen molar-refractivity contribution in [3.63, 3.8) is 0 Å². The first-order chi connectivity index (χ1) is 4.61. The first kappa shape index (κ1) is 8.96. The summed E-state index contributed by atoms with van der Waals surface area (Å²) >= 11 is 17.9. The summed E-state index contributed by atoms with van der Waals surface area (Å²) in [6.07, 6.45) is 1.79. The van der Waals surface area contributed by atoms with Crippen LogP contribution in [0.2, 0.25) is 0 Å². The van der Waals surface area contributed by atoms with E-state index in [2.05, 4.69) is 6.92 Å². The van der Waals surface area contributed by atoms with Crippen molar-refractivity contribution in [3.8, 4) is 0 Å². The molecule has 0 saturated heterocycles. The second-order valence-corrected chi connectivity index (χ2v) is 4.70. The van der Waals surface area contributed by atoms with Gasteiger partial charge in [-0.25, -0.2) is 0 Å². The highest BCUT2D eigenvalue weighted by Crippen LogP contribution is 2.34. The van der Waals surface area contributed by atoms with E-state index in [9.17, 15) is 0 Å². The maximum Gasteiger partial charge on any atom is 0.0389 e. The Hall–Kier alpha value is 0.870. The smallest absolute Gasteiger partial charge is 0.0389 e. The predicted molar refractivity (Wildman–Crippen MR) is 47.3 cm³/mol. The molecule has 0 aliphatic heterocycles. The lowest BCUT2D eigenvalue weighted by Gasteiger charge is -2.31.